The van der Waals surface area contributed by atoms with Crippen LogP contribution in [-0.4, -0.2) is 22.6 Å². The Labute approximate surface area is 141 Å². The zero-order valence-electron chi connectivity index (χ0n) is 13.3. The number of nitrogen functional groups attached to an aromatic ring is 1. The van der Waals surface area contributed by atoms with Crippen molar-refractivity contribution in [3.05, 3.63) is 41.2 Å². The summed E-state index contributed by atoms with van der Waals surface area (Å²) in [7, 11) is 0. The summed E-state index contributed by atoms with van der Waals surface area (Å²) in [6, 6.07) is 8.19. The number of anilines is 3. The highest BCUT2D eigenvalue weighted by Gasteiger charge is 2.22. The molecule has 0 amide bonds. The van der Waals surface area contributed by atoms with Crippen LogP contribution in [0.4, 0.5) is 17.3 Å². The van der Waals surface area contributed by atoms with E-state index in [9.17, 15) is 0 Å². The molecule has 1 unspecified atom stereocenters. The average molecular weight is 332 g/mol. The van der Waals surface area contributed by atoms with E-state index in [4.69, 9.17) is 17.3 Å². The molecule has 1 fully saturated rings. The molecule has 0 aliphatic carbocycles. The molecule has 0 bridgehead atoms. The first-order chi connectivity index (χ1) is 11.1. The Morgan fingerprint density at radius 3 is 2.78 bits per heavy atom. The maximum atomic E-state index is 6.31. The number of nitrogens with zero attached hydrogens (tertiary/aromatic N) is 3. The van der Waals surface area contributed by atoms with Gasteiger partial charge in [0.2, 0.25) is 0 Å². The molecule has 1 saturated heterocycles. The van der Waals surface area contributed by atoms with Gasteiger partial charge >= 0.3 is 0 Å². The fraction of sp³-hybridized carbons (Fsp3) is 0.412. The van der Waals surface area contributed by atoms with Crippen LogP contribution >= 0.6 is 11.6 Å². The molecule has 5 nitrogen and oxygen atoms in total. The Kier molecular flexibility index (Phi) is 4.86. The predicted octanol–water partition coefficient (Wildman–Crippen LogP) is 3.70. The first-order valence-corrected chi connectivity index (χ1v) is 8.38. The number of nitrogens with two attached hydrogens (primary N) is 1. The summed E-state index contributed by atoms with van der Waals surface area (Å²) in [5.74, 6) is 1.52. The van der Waals surface area contributed by atoms with E-state index in [2.05, 4.69) is 27.1 Å². The van der Waals surface area contributed by atoms with Crippen molar-refractivity contribution in [2.24, 2.45) is 0 Å². The van der Waals surface area contributed by atoms with Gasteiger partial charge in [-0.2, -0.15) is 0 Å². The van der Waals surface area contributed by atoms with Gasteiger partial charge in [-0.3, -0.25) is 0 Å². The number of nitrogens with one attached hydrogen (secondary N) is 1. The number of rotatable bonds is 4. The van der Waals surface area contributed by atoms with Gasteiger partial charge < -0.3 is 16.0 Å². The normalized spacial score (nSPS) is 18.0. The van der Waals surface area contributed by atoms with Crippen molar-refractivity contribution in [2.45, 2.75) is 38.8 Å². The van der Waals surface area contributed by atoms with E-state index in [1.165, 1.54) is 19.3 Å². The lowest BCUT2D eigenvalue weighted by Gasteiger charge is -2.35. The van der Waals surface area contributed by atoms with E-state index >= 15 is 0 Å². The fourth-order valence-corrected chi connectivity index (χ4v) is 3.08. The Bertz CT molecular complexity index is 659. The van der Waals surface area contributed by atoms with Gasteiger partial charge in [-0.1, -0.05) is 23.7 Å². The van der Waals surface area contributed by atoms with Gasteiger partial charge in [0.1, 0.15) is 12.0 Å². The molecule has 1 atom stereocenters. The number of benzene rings is 1. The monoisotopic (exact) mass is 331 g/mol. The number of hydrogen-bond donors (Lipinski definition) is 2. The van der Waals surface area contributed by atoms with Crippen LogP contribution in [0.2, 0.25) is 5.02 Å². The Morgan fingerprint density at radius 2 is 2.04 bits per heavy atom. The number of aromatic nitrogens is 2. The van der Waals surface area contributed by atoms with Crippen molar-refractivity contribution in [2.75, 3.05) is 22.5 Å². The van der Waals surface area contributed by atoms with Gasteiger partial charge in [-0.15, -0.1) is 0 Å². The van der Waals surface area contributed by atoms with Gasteiger partial charge in [0.05, 0.1) is 0 Å². The first kappa shape index (κ1) is 15.9. The minimum absolute atomic E-state index is 0.463. The second-order valence-corrected chi connectivity index (χ2v) is 6.41. The van der Waals surface area contributed by atoms with Crippen LogP contribution in [0.1, 0.15) is 31.7 Å². The van der Waals surface area contributed by atoms with Crippen LogP contribution in [-0.2, 0) is 6.54 Å². The highest BCUT2D eigenvalue weighted by atomic mass is 35.5. The SMILES string of the molecule is CC1CCCCN1c1ncnc(NCc2ccc(Cl)cc2)c1N. The largest absolute Gasteiger partial charge is 0.393 e. The topological polar surface area (TPSA) is 67.1 Å². The van der Waals surface area contributed by atoms with Crippen molar-refractivity contribution in [3.8, 4) is 0 Å². The van der Waals surface area contributed by atoms with E-state index in [0.717, 1.165) is 22.9 Å². The Balaban J connectivity index is 1.75. The summed E-state index contributed by atoms with van der Waals surface area (Å²) in [5.41, 5.74) is 8.06. The summed E-state index contributed by atoms with van der Waals surface area (Å²) in [6.45, 7) is 3.87. The lowest BCUT2D eigenvalue weighted by Crippen LogP contribution is -2.38. The van der Waals surface area contributed by atoms with E-state index in [1.54, 1.807) is 6.33 Å². The third kappa shape index (κ3) is 3.67. The summed E-state index contributed by atoms with van der Waals surface area (Å²) in [4.78, 5) is 11.0. The molecule has 1 aromatic carbocycles. The molecule has 122 valence electrons. The van der Waals surface area contributed by atoms with E-state index < -0.39 is 0 Å². The number of halogens is 1. The summed E-state index contributed by atoms with van der Waals surface area (Å²) >= 11 is 5.91. The van der Waals surface area contributed by atoms with E-state index in [0.29, 0.717) is 24.1 Å². The quantitative estimate of drug-likeness (QED) is 0.894. The predicted molar refractivity (Wildman–Crippen MR) is 95.9 cm³/mol. The van der Waals surface area contributed by atoms with Crippen LogP contribution in [0, 0.1) is 0 Å². The average Bonchev–Trinajstić information content (AvgIpc) is 2.56. The van der Waals surface area contributed by atoms with Crippen molar-refractivity contribution in [1.82, 2.24) is 9.97 Å². The molecule has 1 aromatic heterocycles. The van der Waals surface area contributed by atoms with Crippen LogP contribution in [0.15, 0.2) is 30.6 Å². The third-order valence-corrected chi connectivity index (χ3v) is 4.56. The summed E-state index contributed by atoms with van der Waals surface area (Å²) < 4.78 is 0. The lowest BCUT2D eigenvalue weighted by atomic mass is 10.0. The maximum Gasteiger partial charge on any atom is 0.157 e. The van der Waals surface area contributed by atoms with Crippen LogP contribution < -0.4 is 16.0 Å². The molecule has 0 radical (unpaired) electrons. The lowest BCUT2D eigenvalue weighted by molar-refractivity contribution is 0.481. The van der Waals surface area contributed by atoms with Gasteiger partial charge in [0.25, 0.3) is 0 Å². The van der Waals surface area contributed by atoms with Crippen molar-refractivity contribution < 1.29 is 0 Å². The molecule has 0 spiro atoms. The minimum atomic E-state index is 0.463. The standard InChI is InChI=1S/C17H22ClN5/c1-12-4-2-3-9-23(12)17-15(19)16(21-11-22-17)20-10-13-5-7-14(18)8-6-13/h5-8,11-12H,2-4,9-10,19H2,1H3,(H,20,21,22). The van der Waals surface area contributed by atoms with Crippen molar-refractivity contribution >= 4 is 28.9 Å². The first-order valence-electron chi connectivity index (χ1n) is 8.00. The maximum absolute atomic E-state index is 6.31. The number of piperidine rings is 1. The Hall–Kier alpha value is -2.01. The fourth-order valence-electron chi connectivity index (χ4n) is 2.96. The van der Waals surface area contributed by atoms with E-state index in [1.807, 2.05) is 24.3 Å². The highest BCUT2D eigenvalue weighted by molar-refractivity contribution is 6.30. The van der Waals surface area contributed by atoms with Crippen molar-refractivity contribution in [1.29, 1.82) is 0 Å². The second kappa shape index (κ2) is 7.04. The zero-order chi connectivity index (χ0) is 16.2. The van der Waals surface area contributed by atoms with Crippen LogP contribution in [0.25, 0.3) is 0 Å². The van der Waals surface area contributed by atoms with Gasteiger partial charge in [-0.25, -0.2) is 9.97 Å². The van der Waals surface area contributed by atoms with Gasteiger partial charge in [0.15, 0.2) is 11.6 Å². The van der Waals surface area contributed by atoms with E-state index in [-0.39, 0.29) is 0 Å². The summed E-state index contributed by atoms with van der Waals surface area (Å²) in [5, 5.41) is 4.03. The molecule has 2 aromatic rings. The minimum Gasteiger partial charge on any atom is -0.393 e. The molecule has 1 aliphatic rings. The molecule has 2 heterocycles. The van der Waals surface area contributed by atoms with Crippen LogP contribution in [0.5, 0.6) is 0 Å². The molecule has 3 rings (SSSR count). The molecule has 3 N–H and O–H groups in total. The summed E-state index contributed by atoms with van der Waals surface area (Å²) in [6.07, 6.45) is 5.21. The Morgan fingerprint density at radius 1 is 1.26 bits per heavy atom. The third-order valence-electron chi connectivity index (χ3n) is 4.31. The van der Waals surface area contributed by atoms with Gasteiger partial charge in [0, 0.05) is 24.2 Å². The number of hydrogen-bond acceptors (Lipinski definition) is 5. The zero-order valence-corrected chi connectivity index (χ0v) is 14.1. The second-order valence-electron chi connectivity index (χ2n) is 5.98. The smallest absolute Gasteiger partial charge is 0.157 e. The molecular weight excluding hydrogens is 310 g/mol. The van der Waals surface area contributed by atoms with Gasteiger partial charge in [-0.05, 0) is 43.9 Å². The molecule has 23 heavy (non-hydrogen) atoms. The van der Waals surface area contributed by atoms with Crippen LogP contribution in [0.3, 0.4) is 0 Å². The highest BCUT2D eigenvalue weighted by Crippen LogP contribution is 2.31. The molecule has 1 aliphatic heterocycles. The molecular formula is C17H22ClN5. The molecule has 0 saturated carbocycles. The molecule has 6 heteroatoms. The van der Waals surface area contributed by atoms with Crippen molar-refractivity contribution in [3.63, 3.8) is 0 Å².